The van der Waals surface area contributed by atoms with Gasteiger partial charge in [-0.15, -0.1) is 0 Å². The fourth-order valence-electron chi connectivity index (χ4n) is 3.41. The highest BCUT2D eigenvalue weighted by atomic mass is 16.5. The van der Waals surface area contributed by atoms with Crippen LogP contribution in [0.25, 0.3) is 11.1 Å². The number of aryl methyl sites for hydroxylation is 1. The number of carbonyl (C=O) groups excluding carboxylic acids is 1. The second kappa shape index (κ2) is 11.2. The van der Waals surface area contributed by atoms with Gasteiger partial charge < -0.3 is 9.47 Å². The first kappa shape index (κ1) is 21.6. The van der Waals surface area contributed by atoms with E-state index in [1.54, 1.807) is 19.2 Å². The second-order valence-corrected chi connectivity index (χ2v) is 7.50. The molecule has 3 aromatic rings. The van der Waals surface area contributed by atoms with Gasteiger partial charge in [-0.1, -0.05) is 69.0 Å². The molecule has 3 rings (SSSR count). The maximum atomic E-state index is 12.5. The Morgan fingerprint density at radius 2 is 1.27 bits per heavy atom. The maximum Gasteiger partial charge on any atom is 0.343 e. The third-order valence-corrected chi connectivity index (χ3v) is 5.25. The van der Waals surface area contributed by atoms with E-state index in [0.29, 0.717) is 11.3 Å². The Bertz CT molecular complexity index is 910. The minimum atomic E-state index is -0.344. The summed E-state index contributed by atoms with van der Waals surface area (Å²) in [6.45, 7) is 2.23. The molecule has 0 aliphatic heterocycles. The number of rotatable bonds is 10. The molecule has 0 saturated heterocycles. The Kier molecular flexibility index (Phi) is 8.08. The van der Waals surface area contributed by atoms with Crippen LogP contribution in [0.3, 0.4) is 0 Å². The third-order valence-electron chi connectivity index (χ3n) is 5.25. The smallest absolute Gasteiger partial charge is 0.343 e. The summed E-state index contributed by atoms with van der Waals surface area (Å²) in [4.78, 5) is 12.5. The van der Waals surface area contributed by atoms with Crippen molar-refractivity contribution < 1.29 is 14.3 Å². The van der Waals surface area contributed by atoms with E-state index in [-0.39, 0.29) is 5.97 Å². The van der Waals surface area contributed by atoms with E-state index in [9.17, 15) is 4.79 Å². The van der Waals surface area contributed by atoms with Crippen molar-refractivity contribution in [3.05, 3.63) is 83.9 Å². The number of methoxy groups -OCH3 is 1. The van der Waals surface area contributed by atoms with E-state index in [2.05, 4.69) is 19.1 Å². The van der Waals surface area contributed by atoms with Crippen molar-refractivity contribution in [3.63, 3.8) is 0 Å². The highest BCUT2D eigenvalue weighted by Crippen LogP contribution is 2.23. The lowest BCUT2D eigenvalue weighted by Crippen LogP contribution is -2.08. The predicted octanol–water partition coefficient (Wildman–Crippen LogP) is 7.09. The molecule has 0 atom stereocenters. The summed E-state index contributed by atoms with van der Waals surface area (Å²) in [6.07, 6.45) is 7.45. The SMILES string of the molecule is CCCCCCCc1ccc(OC(=O)c2ccc(-c3ccc(OC)cc3)cc2)cc1. The molecule has 0 aliphatic rings. The average Bonchev–Trinajstić information content (AvgIpc) is 2.80. The van der Waals surface area contributed by atoms with Crippen molar-refractivity contribution in [1.82, 2.24) is 0 Å². The fourth-order valence-corrected chi connectivity index (χ4v) is 3.41. The van der Waals surface area contributed by atoms with Crippen LogP contribution in [0.4, 0.5) is 0 Å². The largest absolute Gasteiger partial charge is 0.497 e. The van der Waals surface area contributed by atoms with Crippen LogP contribution in [0.15, 0.2) is 72.8 Å². The number of carbonyl (C=O) groups is 1. The summed E-state index contributed by atoms with van der Waals surface area (Å²) in [5.41, 5.74) is 3.93. The molecule has 156 valence electrons. The lowest BCUT2D eigenvalue weighted by molar-refractivity contribution is 0.0734. The molecule has 0 saturated carbocycles. The Morgan fingerprint density at radius 1 is 0.700 bits per heavy atom. The Labute approximate surface area is 179 Å². The Balaban J connectivity index is 1.53. The molecule has 0 N–H and O–H groups in total. The number of esters is 1. The lowest BCUT2D eigenvalue weighted by atomic mass is 10.0. The van der Waals surface area contributed by atoms with Gasteiger partial charge in [0.15, 0.2) is 0 Å². The standard InChI is InChI=1S/C27H30O3/c1-3-4-5-6-7-8-21-9-17-26(18-10-21)30-27(28)24-13-11-22(12-14-24)23-15-19-25(29-2)20-16-23/h9-20H,3-8H2,1-2H3. The summed E-state index contributed by atoms with van der Waals surface area (Å²) >= 11 is 0. The van der Waals surface area contributed by atoms with Gasteiger partial charge in [0.05, 0.1) is 12.7 Å². The molecular formula is C27H30O3. The van der Waals surface area contributed by atoms with Crippen LogP contribution in [-0.2, 0) is 6.42 Å². The van der Waals surface area contributed by atoms with E-state index in [1.165, 1.54) is 37.7 Å². The first-order valence-electron chi connectivity index (χ1n) is 10.7. The van der Waals surface area contributed by atoms with Gasteiger partial charge in [0, 0.05) is 0 Å². The lowest BCUT2D eigenvalue weighted by Gasteiger charge is -2.07. The highest BCUT2D eigenvalue weighted by molar-refractivity contribution is 5.91. The molecule has 30 heavy (non-hydrogen) atoms. The number of benzene rings is 3. The summed E-state index contributed by atoms with van der Waals surface area (Å²) in [7, 11) is 1.65. The molecule has 0 fully saturated rings. The normalized spacial score (nSPS) is 10.6. The maximum absolute atomic E-state index is 12.5. The van der Waals surface area contributed by atoms with Crippen LogP contribution in [0, 0.1) is 0 Å². The van der Waals surface area contributed by atoms with Gasteiger partial charge in [-0.2, -0.15) is 0 Å². The molecule has 3 aromatic carbocycles. The summed E-state index contributed by atoms with van der Waals surface area (Å²) in [5, 5.41) is 0. The first-order valence-corrected chi connectivity index (χ1v) is 10.7. The molecule has 0 unspecified atom stereocenters. The van der Waals surface area contributed by atoms with Crippen molar-refractivity contribution >= 4 is 5.97 Å². The molecular weight excluding hydrogens is 372 g/mol. The zero-order chi connectivity index (χ0) is 21.2. The Hall–Kier alpha value is -3.07. The fraction of sp³-hybridized carbons (Fsp3) is 0.296. The van der Waals surface area contributed by atoms with Crippen molar-refractivity contribution in [3.8, 4) is 22.6 Å². The molecule has 3 heteroatoms. The van der Waals surface area contributed by atoms with Gasteiger partial charge in [0.2, 0.25) is 0 Å². The number of hydrogen-bond donors (Lipinski definition) is 0. The third kappa shape index (κ3) is 6.21. The number of ether oxygens (including phenoxy) is 2. The molecule has 0 amide bonds. The van der Waals surface area contributed by atoms with E-state index >= 15 is 0 Å². The van der Waals surface area contributed by atoms with Crippen LogP contribution >= 0.6 is 0 Å². The summed E-state index contributed by atoms with van der Waals surface area (Å²) in [6, 6.07) is 23.2. The van der Waals surface area contributed by atoms with E-state index in [4.69, 9.17) is 9.47 Å². The minimum absolute atomic E-state index is 0.344. The van der Waals surface area contributed by atoms with Crippen LogP contribution in [0.1, 0.15) is 54.9 Å². The van der Waals surface area contributed by atoms with Crippen LogP contribution in [-0.4, -0.2) is 13.1 Å². The van der Waals surface area contributed by atoms with Gasteiger partial charge in [-0.05, 0) is 65.9 Å². The quantitative estimate of drug-likeness (QED) is 0.206. The van der Waals surface area contributed by atoms with Gasteiger partial charge in [0.1, 0.15) is 11.5 Å². The average molecular weight is 403 g/mol. The van der Waals surface area contributed by atoms with Gasteiger partial charge in [-0.25, -0.2) is 4.79 Å². The van der Waals surface area contributed by atoms with E-state index < -0.39 is 0 Å². The predicted molar refractivity (Wildman–Crippen MR) is 122 cm³/mol. The zero-order valence-corrected chi connectivity index (χ0v) is 17.9. The molecule has 0 bridgehead atoms. The topological polar surface area (TPSA) is 35.5 Å². The first-order chi connectivity index (χ1) is 14.7. The van der Waals surface area contributed by atoms with Gasteiger partial charge in [-0.3, -0.25) is 0 Å². The van der Waals surface area contributed by atoms with Crippen LogP contribution in [0.5, 0.6) is 11.5 Å². The molecule has 0 radical (unpaired) electrons. The van der Waals surface area contributed by atoms with E-state index in [0.717, 1.165) is 23.3 Å². The molecule has 3 nitrogen and oxygen atoms in total. The van der Waals surface area contributed by atoms with Crippen LogP contribution in [0.2, 0.25) is 0 Å². The van der Waals surface area contributed by atoms with Crippen molar-refractivity contribution in [2.75, 3.05) is 7.11 Å². The minimum Gasteiger partial charge on any atom is -0.497 e. The monoisotopic (exact) mass is 402 g/mol. The molecule has 0 spiro atoms. The Morgan fingerprint density at radius 3 is 1.87 bits per heavy atom. The van der Waals surface area contributed by atoms with Crippen molar-refractivity contribution in [1.29, 1.82) is 0 Å². The van der Waals surface area contributed by atoms with Gasteiger partial charge >= 0.3 is 5.97 Å². The van der Waals surface area contributed by atoms with E-state index in [1.807, 2.05) is 48.5 Å². The molecule has 0 heterocycles. The van der Waals surface area contributed by atoms with Gasteiger partial charge in [0.25, 0.3) is 0 Å². The second-order valence-electron chi connectivity index (χ2n) is 7.50. The van der Waals surface area contributed by atoms with Crippen molar-refractivity contribution in [2.24, 2.45) is 0 Å². The summed E-state index contributed by atoms with van der Waals surface area (Å²) < 4.78 is 10.7. The number of hydrogen-bond acceptors (Lipinski definition) is 3. The zero-order valence-electron chi connectivity index (χ0n) is 17.9. The molecule has 0 aliphatic carbocycles. The highest BCUT2D eigenvalue weighted by Gasteiger charge is 2.09. The van der Waals surface area contributed by atoms with Crippen molar-refractivity contribution in [2.45, 2.75) is 45.4 Å². The summed E-state index contributed by atoms with van der Waals surface area (Å²) in [5.74, 6) is 1.05. The van der Waals surface area contributed by atoms with Crippen LogP contribution < -0.4 is 9.47 Å². The molecule has 0 aromatic heterocycles. The number of unbranched alkanes of at least 4 members (excludes halogenated alkanes) is 4.